The molecule has 0 aliphatic carbocycles. The minimum Gasteiger partial charge on any atom is -0.465 e. The topological polar surface area (TPSA) is 95.9 Å². The van der Waals surface area contributed by atoms with Gasteiger partial charge in [-0.3, -0.25) is 9.59 Å². The van der Waals surface area contributed by atoms with Crippen LogP contribution < -0.4 is 5.32 Å². The summed E-state index contributed by atoms with van der Waals surface area (Å²) in [6.07, 6.45) is 71.2. The van der Waals surface area contributed by atoms with Crippen LogP contribution in [-0.4, -0.2) is 47.4 Å². The van der Waals surface area contributed by atoms with Crippen molar-refractivity contribution in [2.24, 2.45) is 0 Å². The number of carbonyl (C=O) groups is 2. The lowest BCUT2D eigenvalue weighted by atomic mass is 10.0. The Hall–Kier alpha value is -2.44. The summed E-state index contributed by atoms with van der Waals surface area (Å²) < 4.78 is 5.42. The average Bonchev–Trinajstić information content (AvgIpc) is 3.32. The van der Waals surface area contributed by atoms with Crippen LogP contribution in [0.4, 0.5) is 0 Å². The van der Waals surface area contributed by atoms with Crippen molar-refractivity contribution in [3.8, 4) is 0 Å². The van der Waals surface area contributed by atoms with E-state index in [2.05, 4.69) is 67.8 Å². The first-order chi connectivity index (χ1) is 32.5. The van der Waals surface area contributed by atoms with Gasteiger partial charge in [0.1, 0.15) is 0 Å². The number of unbranched alkanes of at least 4 members (excludes halogenated alkanes) is 33. The molecule has 3 N–H and O–H groups in total. The quantitative estimate of drug-likeness (QED) is 0.0321. The molecule has 0 aromatic carbocycles. The first kappa shape index (κ1) is 63.6. The molecule has 0 aliphatic heterocycles. The SMILES string of the molecule is CCCCC/C=C\C/C=C\CCCCCCCCCC(=O)OCC/C=C\C/C=C\CCCCCCCCCCCCCCCCC(=O)NC(CO)C(O)/C=C/CCCCCCCCCCC. The second-order valence-corrected chi connectivity index (χ2v) is 19.3. The van der Waals surface area contributed by atoms with Gasteiger partial charge in [-0.2, -0.15) is 0 Å². The van der Waals surface area contributed by atoms with Gasteiger partial charge in [0.15, 0.2) is 0 Å². The first-order valence-corrected chi connectivity index (χ1v) is 28.6. The number of allylic oxidation sites excluding steroid dienone is 8. The lowest BCUT2D eigenvalue weighted by Gasteiger charge is -2.20. The Morgan fingerprint density at radius 1 is 0.424 bits per heavy atom. The Labute approximate surface area is 409 Å². The monoisotopic (exact) mass is 924 g/mol. The molecule has 6 heteroatoms. The van der Waals surface area contributed by atoms with Gasteiger partial charge < -0.3 is 20.3 Å². The summed E-state index contributed by atoms with van der Waals surface area (Å²) in [5, 5.41) is 23.0. The molecular weight excluding hydrogens is 815 g/mol. The third-order valence-corrected chi connectivity index (χ3v) is 12.8. The predicted octanol–water partition coefficient (Wildman–Crippen LogP) is 17.6. The zero-order valence-electron chi connectivity index (χ0n) is 43.7. The number of amides is 1. The summed E-state index contributed by atoms with van der Waals surface area (Å²) >= 11 is 0. The van der Waals surface area contributed by atoms with E-state index in [0.717, 1.165) is 57.8 Å². The van der Waals surface area contributed by atoms with Crippen molar-refractivity contribution in [2.75, 3.05) is 13.2 Å². The molecule has 0 fully saturated rings. The number of aliphatic hydroxyl groups excluding tert-OH is 2. The van der Waals surface area contributed by atoms with Gasteiger partial charge in [-0.25, -0.2) is 0 Å². The maximum atomic E-state index is 12.4. The maximum Gasteiger partial charge on any atom is 0.305 e. The van der Waals surface area contributed by atoms with Crippen molar-refractivity contribution < 1.29 is 24.5 Å². The van der Waals surface area contributed by atoms with Gasteiger partial charge in [-0.1, -0.05) is 248 Å². The number of hydrogen-bond donors (Lipinski definition) is 3. The van der Waals surface area contributed by atoms with Gasteiger partial charge >= 0.3 is 5.97 Å². The van der Waals surface area contributed by atoms with Crippen LogP contribution in [0.25, 0.3) is 0 Å². The second-order valence-electron chi connectivity index (χ2n) is 19.3. The van der Waals surface area contributed by atoms with Crippen LogP contribution in [0.3, 0.4) is 0 Å². The highest BCUT2D eigenvalue weighted by Gasteiger charge is 2.18. The van der Waals surface area contributed by atoms with Gasteiger partial charge in [-0.05, 0) is 83.5 Å². The van der Waals surface area contributed by atoms with Crippen LogP contribution in [0, 0.1) is 0 Å². The van der Waals surface area contributed by atoms with E-state index in [1.54, 1.807) is 6.08 Å². The minimum absolute atomic E-state index is 0.0446. The highest BCUT2D eigenvalue weighted by molar-refractivity contribution is 5.76. The molecule has 2 atom stereocenters. The molecule has 0 aromatic heterocycles. The van der Waals surface area contributed by atoms with Crippen LogP contribution in [0.1, 0.15) is 284 Å². The van der Waals surface area contributed by atoms with E-state index < -0.39 is 12.1 Å². The lowest BCUT2D eigenvalue weighted by Crippen LogP contribution is -2.45. The van der Waals surface area contributed by atoms with Gasteiger partial charge in [0, 0.05) is 12.8 Å². The number of rotatable bonds is 52. The van der Waals surface area contributed by atoms with Crippen LogP contribution in [0.5, 0.6) is 0 Å². The largest absolute Gasteiger partial charge is 0.465 e. The fourth-order valence-electron chi connectivity index (χ4n) is 8.38. The van der Waals surface area contributed by atoms with Gasteiger partial charge in [0.05, 0.1) is 25.4 Å². The Morgan fingerprint density at radius 2 is 0.758 bits per heavy atom. The van der Waals surface area contributed by atoms with Crippen LogP contribution >= 0.6 is 0 Å². The minimum atomic E-state index is -0.847. The van der Waals surface area contributed by atoms with Crippen molar-refractivity contribution >= 4 is 11.9 Å². The summed E-state index contributed by atoms with van der Waals surface area (Å²) in [5.41, 5.74) is 0. The summed E-state index contributed by atoms with van der Waals surface area (Å²) in [5.74, 6) is -0.120. The Balaban J connectivity index is 3.47. The normalized spacial score (nSPS) is 13.1. The van der Waals surface area contributed by atoms with Crippen LogP contribution in [-0.2, 0) is 14.3 Å². The molecule has 0 saturated heterocycles. The predicted molar refractivity (Wildman–Crippen MR) is 287 cm³/mol. The van der Waals surface area contributed by atoms with E-state index in [1.165, 1.54) is 199 Å². The second kappa shape index (κ2) is 55.2. The Morgan fingerprint density at radius 3 is 1.18 bits per heavy atom. The fourth-order valence-corrected chi connectivity index (χ4v) is 8.38. The molecular formula is C60H109NO5. The first-order valence-electron chi connectivity index (χ1n) is 28.6. The van der Waals surface area contributed by atoms with E-state index in [1.807, 2.05) is 6.08 Å². The van der Waals surface area contributed by atoms with Crippen LogP contribution in [0.2, 0.25) is 0 Å². The average molecular weight is 925 g/mol. The zero-order valence-corrected chi connectivity index (χ0v) is 43.7. The van der Waals surface area contributed by atoms with Gasteiger partial charge in [-0.15, -0.1) is 0 Å². The van der Waals surface area contributed by atoms with E-state index >= 15 is 0 Å². The van der Waals surface area contributed by atoms with E-state index in [4.69, 9.17) is 4.74 Å². The number of esters is 1. The molecule has 0 heterocycles. The van der Waals surface area contributed by atoms with Crippen molar-refractivity contribution in [3.63, 3.8) is 0 Å². The molecule has 0 rings (SSSR count). The Bertz CT molecular complexity index is 1160. The molecule has 0 saturated carbocycles. The van der Waals surface area contributed by atoms with Crippen molar-refractivity contribution in [3.05, 3.63) is 60.8 Å². The molecule has 0 bridgehead atoms. The molecule has 0 aromatic rings. The van der Waals surface area contributed by atoms with Crippen molar-refractivity contribution in [2.45, 2.75) is 296 Å². The molecule has 0 spiro atoms. The molecule has 66 heavy (non-hydrogen) atoms. The third kappa shape index (κ3) is 51.0. The highest BCUT2D eigenvalue weighted by atomic mass is 16.5. The number of aliphatic hydroxyl groups is 2. The smallest absolute Gasteiger partial charge is 0.305 e. The molecule has 6 nitrogen and oxygen atoms in total. The zero-order chi connectivity index (χ0) is 47.9. The maximum absolute atomic E-state index is 12.4. The molecule has 0 radical (unpaired) electrons. The van der Waals surface area contributed by atoms with Crippen molar-refractivity contribution in [1.29, 1.82) is 0 Å². The molecule has 0 aliphatic rings. The summed E-state index contributed by atoms with van der Waals surface area (Å²) in [4.78, 5) is 24.4. The van der Waals surface area contributed by atoms with Crippen LogP contribution in [0.15, 0.2) is 60.8 Å². The molecule has 384 valence electrons. The standard InChI is InChI=1S/C60H109NO5/c1-3-5-7-9-11-13-15-16-17-23-27-30-34-38-42-46-50-54-60(65)66-55-51-47-43-39-35-31-28-25-22-20-18-19-21-24-26-29-33-37-41-45-49-53-59(64)61-57(56-62)58(63)52-48-44-40-36-32-14-12-10-8-6-4-2/h11,13,16-17,31,35,43,47-48,52,57-58,62-63H,3-10,12,14-15,18-30,32-34,36-42,44-46,49-51,53-56H2,1-2H3,(H,61,64)/b13-11-,17-16-,35-31-,47-43-,52-48+. The number of carbonyl (C=O) groups excluding carboxylic acids is 2. The van der Waals surface area contributed by atoms with E-state index in [0.29, 0.717) is 19.4 Å². The fraction of sp³-hybridized carbons (Fsp3) is 0.800. The lowest BCUT2D eigenvalue weighted by molar-refractivity contribution is -0.143. The highest BCUT2D eigenvalue weighted by Crippen LogP contribution is 2.16. The molecule has 1 amide bonds. The summed E-state index contributed by atoms with van der Waals surface area (Å²) in [7, 11) is 0. The summed E-state index contributed by atoms with van der Waals surface area (Å²) in [6.45, 7) is 4.75. The number of hydrogen-bond acceptors (Lipinski definition) is 5. The van der Waals surface area contributed by atoms with Crippen molar-refractivity contribution in [1.82, 2.24) is 5.32 Å². The number of ether oxygens (including phenoxy) is 1. The number of nitrogens with one attached hydrogen (secondary N) is 1. The van der Waals surface area contributed by atoms with Gasteiger partial charge in [0.25, 0.3) is 0 Å². The van der Waals surface area contributed by atoms with Gasteiger partial charge in [0.2, 0.25) is 5.91 Å². The van der Waals surface area contributed by atoms with E-state index in [-0.39, 0.29) is 18.5 Å². The van der Waals surface area contributed by atoms with E-state index in [9.17, 15) is 19.8 Å². The summed E-state index contributed by atoms with van der Waals surface area (Å²) in [6, 6.07) is -0.632. The Kier molecular flexibility index (Phi) is 53.1. The third-order valence-electron chi connectivity index (χ3n) is 12.8. The molecule has 2 unspecified atom stereocenters.